The molecule has 38 heavy (non-hydrogen) atoms. The predicted molar refractivity (Wildman–Crippen MR) is 147 cm³/mol. The van der Waals surface area contributed by atoms with Gasteiger partial charge in [-0.25, -0.2) is 19.3 Å². The zero-order valence-electron chi connectivity index (χ0n) is 22.2. The SMILES string of the molecule is CCCN(CCCCC(=O)Cc1nc(-c2ccc(F)cc2)cn1-c1ccc(C)cc1)c1cc(OC)ncn1. The first kappa shape index (κ1) is 27.0. The maximum atomic E-state index is 13.4. The first-order valence-electron chi connectivity index (χ1n) is 13.0. The lowest BCUT2D eigenvalue weighted by atomic mass is 10.1. The number of aryl methyl sites for hydroxylation is 1. The lowest BCUT2D eigenvalue weighted by Crippen LogP contribution is -2.26. The molecule has 0 N–H and O–H groups in total. The van der Waals surface area contributed by atoms with E-state index < -0.39 is 0 Å². The predicted octanol–water partition coefficient (Wildman–Crippen LogP) is 5.98. The molecule has 0 aliphatic carbocycles. The summed E-state index contributed by atoms with van der Waals surface area (Å²) in [5.74, 6) is 1.89. The third-order valence-electron chi connectivity index (χ3n) is 6.37. The fourth-order valence-electron chi connectivity index (χ4n) is 4.35. The second kappa shape index (κ2) is 12.9. The molecule has 0 spiro atoms. The number of hydrogen-bond donors (Lipinski definition) is 0. The van der Waals surface area contributed by atoms with Crippen molar-refractivity contribution in [3.05, 3.63) is 84.3 Å². The molecule has 8 heteroatoms. The highest BCUT2D eigenvalue weighted by Gasteiger charge is 2.16. The second-order valence-electron chi connectivity index (χ2n) is 9.33. The zero-order chi connectivity index (χ0) is 26.9. The quantitative estimate of drug-likeness (QED) is 0.204. The Morgan fingerprint density at radius 3 is 2.50 bits per heavy atom. The van der Waals surface area contributed by atoms with E-state index in [0.29, 0.717) is 23.8 Å². The summed E-state index contributed by atoms with van der Waals surface area (Å²) in [5, 5.41) is 0. The maximum absolute atomic E-state index is 13.4. The van der Waals surface area contributed by atoms with Gasteiger partial charge in [0.1, 0.15) is 29.6 Å². The van der Waals surface area contributed by atoms with Crippen molar-refractivity contribution in [2.45, 2.75) is 46.0 Å². The molecule has 2 aromatic carbocycles. The van der Waals surface area contributed by atoms with Crippen molar-refractivity contribution in [2.24, 2.45) is 0 Å². The van der Waals surface area contributed by atoms with Gasteiger partial charge in [-0.15, -0.1) is 0 Å². The number of Topliss-reactive ketones (excluding diaryl/α,β-unsaturated/α-hetero) is 1. The van der Waals surface area contributed by atoms with Gasteiger partial charge in [-0.2, -0.15) is 0 Å². The Labute approximate surface area is 223 Å². The molecule has 198 valence electrons. The molecule has 0 radical (unpaired) electrons. The van der Waals surface area contributed by atoms with E-state index in [-0.39, 0.29) is 18.0 Å². The molecule has 0 fully saturated rings. The van der Waals surface area contributed by atoms with Crippen LogP contribution in [0.1, 0.15) is 44.0 Å². The van der Waals surface area contributed by atoms with Gasteiger partial charge in [-0.1, -0.05) is 24.6 Å². The van der Waals surface area contributed by atoms with Crippen LogP contribution in [0.5, 0.6) is 5.88 Å². The lowest BCUT2D eigenvalue weighted by molar-refractivity contribution is -0.118. The summed E-state index contributed by atoms with van der Waals surface area (Å²) in [6.07, 6.45) is 6.76. The van der Waals surface area contributed by atoms with Crippen LogP contribution < -0.4 is 9.64 Å². The number of carbonyl (C=O) groups is 1. The molecule has 0 saturated carbocycles. The molecule has 0 saturated heterocycles. The summed E-state index contributed by atoms with van der Waals surface area (Å²) in [6.45, 7) is 5.84. The standard InChI is InChI=1S/C30H34FN5O2/c1-4-16-35(28-19-30(38-3)33-21-32-28)17-6-5-7-26(37)18-29-34-27(23-10-12-24(31)13-11-23)20-36(29)25-14-8-22(2)9-15-25/h8-15,19-21H,4-7,16-18H2,1-3H3. The molecule has 4 aromatic rings. The molecule has 4 rings (SSSR count). The number of carbonyl (C=O) groups excluding carboxylic acids is 1. The topological polar surface area (TPSA) is 73.1 Å². The third-order valence-corrected chi connectivity index (χ3v) is 6.37. The van der Waals surface area contributed by atoms with Gasteiger partial charge in [0.15, 0.2) is 0 Å². The molecule has 0 amide bonds. The number of rotatable bonds is 13. The van der Waals surface area contributed by atoms with E-state index in [1.165, 1.54) is 18.5 Å². The highest BCUT2D eigenvalue weighted by Crippen LogP contribution is 2.23. The van der Waals surface area contributed by atoms with E-state index >= 15 is 0 Å². The number of aromatic nitrogens is 4. The molecular weight excluding hydrogens is 481 g/mol. The highest BCUT2D eigenvalue weighted by molar-refractivity contribution is 5.80. The smallest absolute Gasteiger partial charge is 0.218 e. The first-order chi connectivity index (χ1) is 18.5. The van der Waals surface area contributed by atoms with Gasteiger partial charge >= 0.3 is 0 Å². The van der Waals surface area contributed by atoms with Crippen LogP contribution in [-0.4, -0.2) is 45.5 Å². The molecular formula is C30H34FN5O2. The van der Waals surface area contributed by atoms with Crippen LogP contribution in [0.25, 0.3) is 16.9 Å². The van der Waals surface area contributed by atoms with Gasteiger partial charge in [0, 0.05) is 43.0 Å². The van der Waals surface area contributed by atoms with Crippen LogP contribution in [0.4, 0.5) is 10.2 Å². The van der Waals surface area contributed by atoms with Crippen molar-refractivity contribution >= 4 is 11.6 Å². The van der Waals surface area contributed by atoms with E-state index in [9.17, 15) is 9.18 Å². The van der Waals surface area contributed by atoms with Crippen LogP contribution in [0.15, 0.2) is 67.1 Å². The molecule has 2 heterocycles. The average molecular weight is 516 g/mol. The Hall–Kier alpha value is -4.07. The Morgan fingerprint density at radius 2 is 1.79 bits per heavy atom. The summed E-state index contributed by atoms with van der Waals surface area (Å²) in [7, 11) is 1.59. The van der Waals surface area contributed by atoms with Crippen LogP contribution in [0, 0.1) is 12.7 Å². The number of nitrogens with zero attached hydrogens (tertiary/aromatic N) is 5. The van der Waals surface area contributed by atoms with Crippen molar-refractivity contribution in [3.8, 4) is 22.8 Å². The number of anilines is 1. The molecule has 7 nitrogen and oxygen atoms in total. The first-order valence-corrected chi connectivity index (χ1v) is 13.0. The second-order valence-corrected chi connectivity index (χ2v) is 9.33. The summed E-state index contributed by atoms with van der Waals surface area (Å²) in [6, 6.07) is 16.2. The van der Waals surface area contributed by atoms with Gasteiger partial charge in [0.2, 0.25) is 5.88 Å². The number of benzene rings is 2. The normalized spacial score (nSPS) is 10.9. The number of halogens is 1. The van der Waals surface area contributed by atoms with E-state index in [4.69, 9.17) is 9.72 Å². The molecule has 0 atom stereocenters. The number of imidazole rings is 1. The van der Waals surface area contributed by atoms with Crippen molar-refractivity contribution in [1.29, 1.82) is 0 Å². The van der Waals surface area contributed by atoms with Crippen molar-refractivity contribution in [2.75, 3.05) is 25.1 Å². The van der Waals surface area contributed by atoms with Crippen molar-refractivity contribution < 1.29 is 13.9 Å². The molecule has 0 unspecified atom stereocenters. The van der Waals surface area contributed by atoms with Gasteiger partial charge in [-0.3, -0.25) is 4.79 Å². The van der Waals surface area contributed by atoms with Gasteiger partial charge in [0.05, 0.1) is 19.2 Å². The van der Waals surface area contributed by atoms with E-state index in [2.05, 4.69) is 21.8 Å². The highest BCUT2D eigenvalue weighted by atomic mass is 19.1. The third kappa shape index (κ3) is 7.03. The van der Waals surface area contributed by atoms with Crippen LogP contribution in [0.3, 0.4) is 0 Å². The molecule has 0 aliphatic rings. The number of ether oxygens (including phenoxy) is 1. The number of ketones is 1. The molecule has 0 aliphatic heterocycles. The fraction of sp³-hybridized carbons (Fsp3) is 0.333. The minimum absolute atomic E-state index is 0.139. The van der Waals surface area contributed by atoms with Crippen LogP contribution >= 0.6 is 0 Å². The van der Waals surface area contributed by atoms with Gasteiger partial charge < -0.3 is 14.2 Å². The minimum atomic E-state index is -0.293. The number of unbranched alkanes of at least 4 members (excludes halogenated alkanes) is 1. The average Bonchev–Trinajstić information content (AvgIpc) is 3.34. The van der Waals surface area contributed by atoms with Crippen LogP contribution in [0.2, 0.25) is 0 Å². The summed E-state index contributed by atoms with van der Waals surface area (Å²) in [5.41, 5.74) is 3.62. The zero-order valence-corrected chi connectivity index (χ0v) is 22.2. The fourth-order valence-corrected chi connectivity index (χ4v) is 4.35. The van der Waals surface area contributed by atoms with E-state index in [0.717, 1.165) is 55.0 Å². The monoisotopic (exact) mass is 515 g/mol. The van der Waals surface area contributed by atoms with Crippen molar-refractivity contribution in [3.63, 3.8) is 0 Å². The van der Waals surface area contributed by atoms with E-state index in [1.807, 2.05) is 48.0 Å². The maximum Gasteiger partial charge on any atom is 0.218 e. The van der Waals surface area contributed by atoms with Gasteiger partial charge in [0.25, 0.3) is 0 Å². The lowest BCUT2D eigenvalue weighted by Gasteiger charge is -2.23. The van der Waals surface area contributed by atoms with Crippen LogP contribution in [-0.2, 0) is 11.2 Å². The number of hydrogen-bond acceptors (Lipinski definition) is 6. The summed E-state index contributed by atoms with van der Waals surface area (Å²) < 4.78 is 20.6. The Kier molecular flexibility index (Phi) is 9.19. The van der Waals surface area contributed by atoms with Crippen molar-refractivity contribution in [1.82, 2.24) is 19.5 Å². The largest absolute Gasteiger partial charge is 0.481 e. The Morgan fingerprint density at radius 1 is 1.03 bits per heavy atom. The minimum Gasteiger partial charge on any atom is -0.481 e. The van der Waals surface area contributed by atoms with Gasteiger partial charge in [-0.05, 0) is 62.6 Å². The van der Waals surface area contributed by atoms with E-state index in [1.54, 1.807) is 19.2 Å². The Balaban J connectivity index is 1.41. The molecule has 2 aromatic heterocycles. The Bertz CT molecular complexity index is 1340. The number of methoxy groups -OCH3 is 1. The summed E-state index contributed by atoms with van der Waals surface area (Å²) >= 11 is 0. The summed E-state index contributed by atoms with van der Waals surface area (Å²) in [4.78, 5) is 28.5. The molecule has 0 bridgehead atoms.